The van der Waals surface area contributed by atoms with Gasteiger partial charge >= 0.3 is 7.12 Å². The third-order valence-electron chi connectivity index (χ3n) is 4.90. The predicted molar refractivity (Wildman–Crippen MR) is 101 cm³/mol. The van der Waals surface area contributed by atoms with Gasteiger partial charge in [-0.2, -0.15) is 0 Å². The first-order valence-electron chi connectivity index (χ1n) is 8.48. The molecule has 150 valence electrons. The van der Waals surface area contributed by atoms with E-state index in [-0.39, 0.29) is 11.4 Å². The van der Waals surface area contributed by atoms with Crippen LogP contribution in [0.5, 0.6) is 5.75 Å². The lowest BCUT2D eigenvalue weighted by Crippen LogP contribution is -2.41. The van der Waals surface area contributed by atoms with Crippen molar-refractivity contribution in [2.45, 2.75) is 43.8 Å². The van der Waals surface area contributed by atoms with Crippen molar-refractivity contribution in [1.29, 1.82) is 0 Å². The molecule has 0 bridgehead atoms. The van der Waals surface area contributed by atoms with E-state index in [1.54, 1.807) is 0 Å². The molecule has 2 aromatic carbocycles. The highest BCUT2D eigenvalue weighted by molar-refractivity contribution is 7.92. The Morgan fingerprint density at radius 1 is 1.00 bits per heavy atom. The lowest BCUT2D eigenvalue weighted by molar-refractivity contribution is 0.00578. The minimum Gasteiger partial charge on any atom is -0.508 e. The van der Waals surface area contributed by atoms with Crippen LogP contribution < -0.4 is 10.2 Å². The molecule has 1 aliphatic heterocycles. The molecule has 0 aromatic heterocycles. The van der Waals surface area contributed by atoms with E-state index in [4.69, 9.17) is 9.31 Å². The number of benzene rings is 2. The van der Waals surface area contributed by atoms with E-state index < -0.39 is 44.9 Å². The van der Waals surface area contributed by atoms with Crippen molar-refractivity contribution in [3.8, 4) is 5.75 Å². The van der Waals surface area contributed by atoms with Crippen molar-refractivity contribution in [1.82, 2.24) is 0 Å². The lowest BCUT2D eigenvalue weighted by atomic mass is 9.79. The number of nitrogens with one attached hydrogen (secondary N) is 1. The summed E-state index contributed by atoms with van der Waals surface area (Å²) in [4.78, 5) is -0.713. The second-order valence-corrected chi connectivity index (χ2v) is 9.23. The van der Waals surface area contributed by atoms with Gasteiger partial charge in [0.25, 0.3) is 10.0 Å². The number of rotatable bonds is 4. The summed E-state index contributed by atoms with van der Waals surface area (Å²) in [5.41, 5.74) is -0.885. The van der Waals surface area contributed by atoms with Crippen molar-refractivity contribution >= 4 is 28.3 Å². The minimum absolute atomic E-state index is 0.0200. The maximum absolute atomic E-state index is 13.9. The smallest absolute Gasteiger partial charge is 0.495 e. The van der Waals surface area contributed by atoms with Gasteiger partial charge in [-0.25, -0.2) is 17.2 Å². The average molecular weight is 411 g/mol. The highest BCUT2D eigenvalue weighted by atomic mass is 32.2. The topological polar surface area (TPSA) is 84.9 Å². The molecule has 2 N–H and O–H groups in total. The fraction of sp³-hybridized carbons (Fsp3) is 0.333. The van der Waals surface area contributed by atoms with Crippen LogP contribution in [0.2, 0.25) is 0 Å². The van der Waals surface area contributed by atoms with E-state index in [9.17, 15) is 22.3 Å². The number of aromatic hydroxyl groups is 1. The number of phenols is 1. The van der Waals surface area contributed by atoms with E-state index in [2.05, 4.69) is 4.72 Å². The van der Waals surface area contributed by atoms with Gasteiger partial charge in [0.2, 0.25) is 0 Å². The van der Waals surface area contributed by atoms with Gasteiger partial charge < -0.3 is 14.4 Å². The molecule has 1 saturated heterocycles. The van der Waals surface area contributed by atoms with Crippen molar-refractivity contribution < 1.29 is 31.6 Å². The number of halogens is 2. The van der Waals surface area contributed by atoms with Crippen molar-refractivity contribution in [2.24, 2.45) is 0 Å². The zero-order valence-electron chi connectivity index (χ0n) is 15.8. The molecule has 6 nitrogen and oxygen atoms in total. The highest BCUT2D eigenvalue weighted by Crippen LogP contribution is 2.37. The van der Waals surface area contributed by atoms with Crippen LogP contribution in [0.25, 0.3) is 0 Å². The summed E-state index contributed by atoms with van der Waals surface area (Å²) in [7, 11) is -5.18. The van der Waals surface area contributed by atoms with Crippen LogP contribution in [0.3, 0.4) is 0 Å². The molecule has 10 heteroatoms. The molecule has 0 saturated carbocycles. The zero-order valence-corrected chi connectivity index (χ0v) is 16.6. The quantitative estimate of drug-likeness (QED) is 0.756. The van der Waals surface area contributed by atoms with Gasteiger partial charge in [0.15, 0.2) is 0 Å². The molecule has 1 fully saturated rings. The Morgan fingerprint density at radius 2 is 1.61 bits per heavy atom. The zero-order chi connectivity index (χ0) is 20.9. The Bertz CT molecular complexity index is 1010. The summed E-state index contributed by atoms with van der Waals surface area (Å²) in [6.45, 7) is 7.43. The van der Waals surface area contributed by atoms with Crippen molar-refractivity contribution in [3.63, 3.8) is 0 Å². The Hall–Kier alpha value is -2.17. The summed E-state index contributed by atoms with van der Waals surface area (Å²) in [6, 6.07) is 6.11. The van der Waals surface area contributed by atoms with E-state index >= 15 is 0 Å². The van der Waals surface area contributed by atoms with Gasteiger partial charge in [-0.1, -0.05) is 0 Å². The number of phenolic OH excluding ortho intramolecular Hbond substituents is 1. The Balaban J connectivity index is 1.92. The number of hydrogen-bond donors (Lipinski definition) is 2. The maximum Gasteiger partial charge on any atom is 0.495 e. The molecule has 0 aliphatic carbocycles. The summed E-state index contributed by atoms with van der Waals surface area (Å²) in [5.74, 6) is -2.35. The fourth-order valence-corrected chi connectivity index (χ4v) is 3.81. The first kappa shape index (κ1) is 20.6. The average Bonchev–Trinajstić information content (AvgIpc) is 2.74. The van der Waals surface area contributed by atoms with Crippen LogP contribution in [-0.2, 0) is 19.3 Å². The van der Waals surface area contributed by atoms with Gasteiger partial charge in [0.1, 0.15) is 22.3 Å². The van der Waals surface area contributed by atoms with Crippen LogP contribution in [0.4, 0.5) is 14.5 Å². The number of sulfonamides is 1. The Morgan fingerprint density at radius 3 is 2.18 bits per heavy atom. The fourth-order valence-electron chi connectivity index (χ4n) is 2.71. The largest absolute Gasteiger partial charge is 0.508 e. The Labute approximate surface area is 162 Å². The molecule has 0 atom stereocenters. The summed E-state index contributed by atoms with van der Waals surface area (Å²) < 4.78 is 65.8. The van der Waals surface area contributed by atoms with Crippen molar-refractivity contribution in [2.75, 3.05) is 4.72 Å². The molecule has 0 spiro atoms. The van der Waals surface area contributed by atoms with E-state index in [1.807, 2.05) is 27.7 Å². The number of hydrogen-bond acceptors (Lipinski definition) is 5. The first-order chi connectivity index (χ1) is 12.8. The first-order valence-corrected chi connectivity index (χ1v) is 9.96. The van der Waals surface area contributed by atoms with Gasteiger partial charge in [-0.15, -0.1) is 0 Å². The molecule has 0 radical (unpaired) electrons. The van der Waals surface area contributed by atoms with Crippen molar-refractivity contribution in [3.05, 3.63) is 48.0 Å². The number of anilines is 1. The Kier molecular flexibility index (Phi) is 4.93. The van der Waals surface area contributed by atoms with E-state index in [0.717, 1.165) is 18.2 Å². The summed E-state index contributed by atoms with van der Waals surface area (Å²) >= 11 is 0. The molecular formula is C18H20BF2NO5S. The van der Waals surface area contributed by atoms with Crippen LogP contribution in [0.1, 0.15) is 27.7 Å². The van der Waals surface area contributed by atoms with Crippen LogP contribution in [0.15, 0.2) is 41.3 Å². The van der Waals surface area contributed by atoms with Gasteiger partial charge in [0.05, 0.1) is 16.9 Å². The molecule has 1 aliphatic rings. The molecule has 28 heavy (non-hydrogen) atoms. The minimum atomic E-state index is -4.35. The maximum atomic E-state index is 13.9. The highest BCUT2D eigenvalue weighted by Gasteiger charge is 2.51. The molecule has 0 unspecified atom stereocenters. The standard InChI is InChI=1S/C18H20BF2NO5S/c1-17(2)18(3,4)27-19(26-17)11-7-13(10-14(23)8-11)22-28(24,25)16-6-5-12(20)9-15(16)21/h5-10,22-23H,1-4H3. The predicted octanol–water partition coefficient (Wildman–Crippen LogP) is 2.77. The SMILES string of the molecule is CC1(C)OB(c2cc(O)cc(NS(=O)(=O)c3ccc(F)cc3F)c2)OC1(C)C. The second kappa shape index (κ2) is 6.72. The molecule has 3 rings (SSSR count). The van der Waals surface area contributed by atoms with Gasteiger partial charge in [-0.3, -0.25) is 4.72 Å². The van der Waals surface area contributed by atoms with Gasteiger partial charge in [0, 0.05) is 12.1 Å². The molecule has 1 heterocycles. The van der Waals surface area contributed by atoms with Crippen LogP contribution >= 0.6 is 0 Å². The third-order valence-corrected chi connectivity index (χ3v) is 6.32. The summed E-state index contributed by atoms with van der Waals surface area (Å²) in [5, 5.41) is 10.0. The van der Waals surface area contributed by atoms with Gasteiger partial charge in [-0.05, 0) is 57.4 Å². The normalized spacial score (nSPS) is 18.3. The summed E-state index contributed by atoms with van der Waals surface area (Å²) in [6.07, 6.45) is 0. The monoisotopic (exact) mass is 411 g/mol. The van der Waals surface area contributed by atoms with Crippen LogP contribution in [0, 0.1) is 11.6 Å². The third kappa shape index (κ3) is 3.85. The molecular weight excluding hydrogens is 391 g/mol. The molecule has 0 amide bonds. The lowest BCUT2D eigenvalue weighted by Gasteiger charge is -2.32. The molecule has 2 aromatic rings. The second-order valence-electron chi connectivity index (χ2n) is 7.58. The van der Waals surface area contributed by atoms with E-state index in [0.29, 0.717) is 11.5 Å². The van der Waals surface area contributed by atoms with Crippen LogP contribution in [-0.4, -0.2) is 31.8 Å². The van der Waals surface area contributed by atoms with E-state index in [1.165, 1.54) is 12.1 Å².